The van der Waals surface area contributed by atoms with Crippen LogP contribution < -0.4 is 4.74 Å². The highest BCUT2D eigenvalue weighted by Gasteiger charge is 2.08. The largest absolute Gasteiger partial charge is 0.492 e. The van der Waals surface area contributed by atoms with Gasteiger partial charge >= 0.3 is 5.97 Å². The summed E-state index contributed by atoms with van der Waals surface area (Å²) >= 11 is 0. The number of carbonyl (C=O) groups is 1. The summed E-state index contributed by atoms with van der Waals surface area (Å²) in [5, 5.41) is 17.4. The number of likely N-dealkylation sites (N-methyl/N-ethyl adjacent to an activating group) is 1. The molecule has 0 fully saturated rings. The van der Waals surface area contributed by atoms with Gasteiger partial charge < -0.3 is 9.84 Å². The fourth-order valence-electron chi connectivity index (χ4n) is 1.51. The summed E-state index contributed by atoms with van der Waals surface area (Å²) < 4.78 is 5.52. The first-order valence-electron chi connectivity index (χ1n) is 6.08. The number of hydrogen-bond donors (Lipinski definition) is 1. The van der Waals surface area contributed by atoms with Crippen LogP contribution >= 0.6 is 0 Å². The molecule has 1 atom stereocenters. The molecule has 19 heavy (non-hydrogen) atoms. The zero-order valence-corrected chi connectivity index (χ0v) is 11.2. The predicted molar refractivity (Wildman–Crippen MR) is 71.2 cm³/mol. The SMILES string of the molecule is CC(CC#N)N(C)CCOc1ccc(C(=O)O)cc1. The van der Waals surface area contributed by atoms with Gasteiger partial charge in [0, 0.05) is 12.6 Å². The fraction of sp³-hybridized carbons (Fsp3) is 0.429. The van der Waals surface area contributed by atoms with Gasteiger partial charge in [-0.2, -0.15) is 5.26 Å². The number of aromatic carboxylic acids is 1. The molecule has 1 N–H and O–H groups in total. The second-order valence-corrected chi connectivity index (χ2v) is 4.37. The molecular formula is C14H18N2O3. The van der Waals surface area contributed by atoms with Crippen LogP contribution in [0.2, 0.25) is 0 Å². The molecule has 0 saturated heterocycles. The molecule has 0 spiro atoms. The molecule has 102 valence electrons. The minimum atomic E-state index is -0.948. The number of rotatable bonds is 7. The summed E-state index contributed by atoms with van der Waals surface area (Å²) in [4.78, 5) is 12.7. The minimum absolute atomic E-state index is 0.197. The number of hydrogen-bond acceptors (Lipinski definition) is 4. The summed E-state index contributed by atoms with van der Waals surface area (Å²) in [6, 6.07) is 8.64. The number of nitrogens with zero attached hydrogens (tertiary/aromatic N) is 2. The van der Waals surface area contributed by atoms with Crippen LogP contribution in [0, 0.1) is 11.3 Å². The molecule has 0 bridgehead atoms. The van der Waals surface area contributed by atoms with Crippen LogP contribution in [0.4, 0.5) is 0 Å². The Labute approximate surface area is 113 Å². The lowest BCUT2D eigenvalue weighted by Gasteiger charge is -2.22. The van der Waals surface area contributed by atoms with Crippen molar-refractivity contribution in [3.63, 3.8) is 0 Å². The molecule has 5 nitrogen and oxygen atoms in total. The normalized spacial score (nSPS) is 11.9. The average Bonchev–Trinajstić information content (AvgIpc) is 2.39. The smallest absolute Gasteiger partial charge is 0.335 e. The summed E-state index contributed by atoms with van der Waals surface area (Å²) in [5.41, 5.74) is 0.243. The van der Waals surface area contributed by atoms with E-state index in [9.17, 15) is 4.79 Å². The first-order chi connectivity index (χ1) is 9.04. The molecule has 0 aliphatic carbocycles. The third-order valence-corrected chi connectivity index (χ3v) is 2.95. The van der Waals surface area contributed by atoms with Crippen molar-refractivity contribution in [2.45, 2.75) is 19.4 Å². The van der Waals surface area contributed by atoms with Gasteiger partial charge in [0.25, 0.3) is 0 Å². The van der Waals surface area contributed by atoms with Crippen LogP contribution in [0.5, 0.6) is 5.75 Å². The molecule has 1 aromatic rings. The maximum absolute atomic E-state index is 10.7. The van der Waals surface area contributed by atoms with Crippen molar-refractivity contribution in [1.29, 1.82) is 5.26 Å². The Kier molecular flexibility index (Phi) is 5.83. The van der Waals surface area contributed by atoms with Gasteiger partial charge in [0.1, 0.15) is 12.4 Å². The Morgan fingerprint density at radius 1 is 1.47 bits per heavy atom. The zero-order valence-electron chi connectivity index (χ0n) is 11.2. The zero-order chi connectivity index (χ0) is 14.3. The van der Waals surface area contributed by atoms with E-state index in [2.05, 4.69) is 11.0 Å². The van der Waals surface area contributed by atoms with Crippen LogP contribution in [0.15, 0.2) is 24.3 Å². The minimum Gasteiger partial charge on any atom is -0.492 e. The molecule has 1 unspecified atom stereocenters. The highest BCUT2D eigenvalue weighted by molar-refractivity contribution is 5.87. The van der Waals surface area contributed by atoms with E-state index >= 15 is 0 Å². The first kappa shape index (κ1) is 15.0. The predicted octanol–water partition coefficient (Wildman–Crippen LogP) is 2.00. The molecule has 0 aromatic heterocycles. The second kappa shape index (κ2) is 7.39. The van der Waals surface area contributed by atoms with E-state index in [1.54, 1.807) is 12.1 Å². The van der Waals surface area contributed by atoms with Gasteiger partial charge in [0.2, 0.25) is 0 Å². The highest BCUT2D eigenvalue weighted by atomic mass is 16.5. The Morgan fingerprint density at radius 3 is 2.63 bits per heavy atom. The molecule has 0 amide bonds. The molecular weight excluding hydrogens is 244 g/mol. The Hall–Kier alpha value is -2.06. The quantitative estimate of drug-likeness (QED) is 0.813. The van der Waals surface area contributed by atoms with Crippen molar-refractivity contribution < 1.29 is 14.6 Å². The molecule has 0 aliphatic rings. The van der Waals surface area contributed by atoms with Gasteiger partial charge in [0.15, 0.2) is 0 Å². The van der Waals surface area contributed by atoms with E-state index < -0.39 is 5.97 Å². The molecule has 1 aromatic carbocycles. The van der Waals surface area contributed by atoms with Gasteiger partial charge in [-0.25, -0.2) is 4.79 Å². The molecule has 5 heteroatoms. The lowest BCUT2D eigenvalue weighted by atomic mass is 10.2. The Morgan fingerprint density at radius 2 is 2.11 bits per heavy atom. The van der Waals surface area contributed by atoms with Crippen molar-refractivity contribution in [3.05, 3.63) is 29.8 Å². The van der Waals surface area contributed by atoms with Crippen molar-refractivity contribution >= 4 is 5.97 Å². The summed E-state index contributed by atoms with van der Waals surface area (Å²) in [5.74, 6) is -0.303. The highest BCUT2D eigenvalue weighted by Crippen LogP contribution is 2.12. The van der Waals surface area contributed by atoms with Gasteiger partial charge in [-0.15, -0.1) is 0 Å². The average molecular weight is 262 g/mol. The molecule has 0 aliphatic heterocycles. The molecule has 0 radical (unpaired) electrons. The standard InChI is InChI=1S/C14H18N2O3/c1-11(7-8-15)16(2)9-10-19-13-5-3-12(4-6-13)14(17)18/h3-6,11H,7,9-10H2,1-2H3,(H,17,18). The maximum Gasteiger partial charge on any atom is 0.335 e. The third-order valence-electron chi connectivity index (χ3n) is 2.95. The first-order valence-corrected chi connectivity index (χ1v) is 6.08. The number of benzene rings is 1. The summed E-state index contributed by atoms with van der Waals surface area (Å²) in [7, 11) is 1.94. The number of carboxylic acid groups (broad SMARTS) is 1. The van der Waals surface area contributed by atoms with Crippen LogP contribution in [-0.2, 0) is 0 Å². The van der Waals surface area contributed by atoms with E-state index in [0.717, 1.165) is 0 Å². The van der Waals surface area contributed by atoms with Crippen LogP contribution in [-0.4, -0.2) is 42.2 Å². The van der Waals surface area contributed by atoms with Gasteiger partial charge in [0.05, 0.1) is 18.1 Å². The molecule has 0 saturated carbocycles. The van der Waals surface area contributed by atoms with Crippen molar-refractivity contribution in [2.24, 2.45) is 0 Å². The van der Waals surface area contributed by atoms with Crippen molar-refractivity contribution in [3.8, 4) is 11.8 Å². The third kappa shape index (κ3) is 4.98. The number of ether oxygens (including phenoxy) is 1. The second-order valence-electron chi connectivity index (χ2n) is 4.37. The summed E-state index contributed by atoms with van der Waals surface area (Å²) in [6.45, 7) is 3.20. The monoisotopic (exact) mass is 262 g/mol. The number of nitriles is 1. The van der Waals surface area contributed by atoms with Crippen molar-refractivity contribution in [2.75, 3.05) is 20.2 Å². The lowest BCUT2D eigenvalue weighted by molar-refractivity contribution is 0.0697. The molecule has 1 rings (SSSR count). The van der Waals surface area contributed by atoms with Crippen LogP contribution in [0.3, 0.4) is 0 Å². The van der Waals surface area contributed by atoms with Gasteiger partial charge in [-0.05, 0) is 38.2 Å². The van der Waals surface area contributed by atoms with E-state index in [-0.39, 0.29) is 11.6 Å². The van der Waals surface area contributed by atoms with E-state index in [1.165, 1.54) is 12.1 Å². The van der Waals surface area contributed by atoms with Gasteiger partial charge in [-0.3, -0.25) is 4.90 Å². The van der Waals surface area contributed by atoms with Gasteiger partial charge in [-0.1, -0.05) is 0 Å². The fourth-order valence-corrected chi connectivity index (χ4v) is 1.51. The topological polar surface area (TPSA) is 73.6 Å². The summed E-state index contributed by atoms with van der Waals surface area (Å²) in [6.07, 6.45) is 0.490. The Bertz CT molecular complexity index is 451. The number of carboxylic acids is 1. The molecule has 0 heterocycles. The van der Waals surface area contributed by atoms with Crippen LogP contribution in [0.25, 0.3) is 0 Å². The van der Waals surface area contributed by atoms with Crippen molar-refractivity contribution in [1.82, 2.24) is 4.90 Å². The Balaban J connectivity index is 2.37. The maximum atomic E-state index is 10.7. The lowest BCUT2D eigenvalue weighted by Crippen LogP contribution is -2.32. The van der Waals surface area contributed by atoms with E-state index in [4.69, 9.17) is 15.1 Å². The van der Waals surface area contributed by atoms with E-state index in [1.807, 2.05) is 14.0 Å². The van der Waals surface area contributed by atoms with E-state index in [0.29, 0.717) is 25.3 Å². The van der Waals surface area contributed by atoms with Crippen LogP contribution in [0.1, 0.15) is 23.7 Å².